The third kappa shape index (κ3) is 2.85. The molecule has 20 heavy (non-hydrogen) atoms. The average molecular weight is 329 g/mol. The summed E-state index contributed by atoms with van der Waals surface area (Å²) in [6, 6.07) is 12.4. The van der Waals surface area contributed by atoms with Gasteiger partial charge in [-0.2, -0.15) is 0 Å². The maximum Gasteiger partial charge on any atom is 0.167 e. The quantitative estimate of drug-likeness (QED) is 0.748. The van der Waals surface area contributed by atoms with Crippen LogP contribution in [0.3, 0.4) is 0 Å². The number of hydrogen-bond acceptors (Lipinski definition) is 1. The second-order valence-corrected chi connectivity index (χ2v) is 6.49. The highest BCUT2D eigenvalue weighted by molar-refractivity contribution is 9.10. The van der Waals surface area contributed by atoms with Crippen LogP contribution >= 0.6 is 15.9 Å². The zero-order valence-electron chi connectivity index (χ0n) is 11.6. The van der Waals surface area contributed by atoms with Crippen LogP contribution < -0.4 is 0 Å². The first-order chi connectivity index (χ1) is 9.61. The summed E-state index contributed by atoms with van der Waals surface area (Å²) in [4.78, 5) is 12.4. The lowest BCUT2D eigenvalue weighted by atomic mass is 9.99. The minimum absolute atomic E-state index is 0.187. The second-order valence-electron chi connectivity index (χ2n) is 5.57. The highest BCUT2D eigenvalue weighted by Crippen LogP contribution is 2.24. The van der Waals surface area contributed by atoms with Gasteiger partial charge in [-0.25, -0.2) is 0 Å². The number of aryl methyl sites for hydroxylation is 3. The maximum absolute atomic E-state index is 12.4. The summed E-state index contributed by atoms with van der Waals surface area (Å²) in [5.41, 5.74) is 5.92. The Hall–Kier alpha value is -1.41. The van der Waals surface area contributed by atoms with Crippen molar-refractivity contribution in [2.45, 2.75) is 32.6 Å². The Labute approximate surface area is 128 Å². The van der Waals surface area contributed by atoms with Crippen molar-refractivity contribution in [1.29, 1.82) is 0 Å². The molecule has 2 heteroatoms. The molecular weight excluding hydrogens is 312 g/mol. The summed E-state index contributed by atoms with van der Waals surface area (Å²) in [5.74, 6) is 0.187. The summed E-state index contributed by atoms with van der Waals surface area (Å²) in [5, 5.41) is 0. The molecule has 0 N–H and O–H groups in total. The molecule has 0 saturated heterocycles. The zero-order valence-corrected chi connectivity index (χ0v) is 13.2. The molecule has 0 saturated carbocycles. The lowest BCUT2D eigenvalue weighted by Crippen LogP contribution is -2.04. The summed E-state index contributed by atoms with van der Waals surface area (Å²) in [6.45, 7) is 2.01. The Kier molecular flexibility index (Phi) is 3.75. The van der Waals surface area contributed by atoms with Gasteiger partial charge in [-0.1, -0.05) is 34.1 Å². The third-order valence-electron chi connectivity index (χ3n) is 3.89. The first-order valence-electron chi connectivity index (χ1n) is 7.03. The van der Waals surface area contributed by atoms with Crippen LogP contribution in [0, 0.1) is 6.92 Å². The molecule has 0 heterocycles. The van der Waals surface area contributed by atoms with Crippen molar-refractivity contribution in [3.05, 3.63) is 68.7 Å². The highest BCUT2D eigenvalue weighted by Gasteiger charge is 2.13. The smallest absolute Gasteiger partial charge is 0.167 e. The van der Waals surface area contributed by atoms with Crippen LogP contribution in [0.4, 0.5) is 0 Å². The van der Waals surface area contributed by atoms with Gasteiger partial charge in [-0.3, -0.25) is 4.79 Å². The lowest BCUT2D eigenvalue weighted by molar-refractivity contribution is 0.0993. The first-order valence-corrected chi connectivity index (χ1v) is 7.82. The topological polar surface area (TPSA) is 17.1 Å². The van der Waals surface area contributed by atoms with Gasteiger partial charge in [0.2, 0.25) is 0 Å². The van der Waals surface area contributed by atoms with Gasteiger partial charge in [0, 0.05) is 16.5 Å². The monoisotopic (exact) mass is 328 g/mol. The van der Waals surface area contributed by atoms with Crippen LogP contribution in [-0.2, 0) is 19.3 Å². The fourth-order valence-corrected chi connectivity index (χ4v) is 3.53. The van der Waals surface area contributed by atoms with E-state index in [0.717, 1.165) is 27.6 Å². The summed E-state index contributed by atoms with van der Waals surface area (Å²) < 4.78 is 0.967. The van der Waals surface area contributed by atoms with Crippen molar-refractivity contribution in [2.24, 2.45) is 0 Å². The number of hydrogen-bond donors (Lipinski definition) is 0. The zero-order chi connectivity index (χ0) is 14.1. The van der Waals surface area contributed by atoms with E-state index in [0.29, 0.717) is 6.42 Å². The van der Waals surface area contributed by atoms with Crippen molar-refractivity contribution < 1.29 is 4.79 Å². The Morgan fingerprint density at radius 1 is 1.10 bits per heavy atom. The van der Waals surface area contributed by atoms with E-state index in [2.05, 4.69) is 34.1 Å². The van der Waals surface area contributed by atoms with E-state index < -0.39 is 0 Å². The SMILES string of the molecule is Cc1cc(Br)cc(C(=O)Cc2ccc3c(c2)CCC3)c1. The number of carbonyl (C=O) groups excluding carboxylic acids is 1. The van der Waals surface area contributed by atoms with Gasteiger partial charge in [0.05, 0.1) is 0 Å². The molecule has 0 aromatic heterocycles. The molecule has 1 aliphatic carbocycles. The van der Waals surface area contributed by atoms with E-state index in [4.69, 9.17) is 0 Å². The molecule has 3 rings (SSSR count). The number of Topliss-reactive ketones (excluding diaryl/α,β-unsaturated/α-hetero) is 1. The lowest BCUT2D eigenvalue weighted by Gasteiger charge is -2.06. The largest absolute Gasteiger partial charge is 0.294 e. The number of benzene rings is 2. The van der Waals surface area contributed by atoms with Crippen LogP contribution in [0.15, 0.2) is 40.9 Å². The van der Waals surface area contributed by atoms with Gasteiger partial charge in [0.25, 0.3) is 0 Å². The van der Waals surface area contributed by atoms with Crippen LogP contribution in [0.1, 0.15) is 39.0 Å². The van der Waals surface area contributed by atoms with Crippen LogP contribution in [0.5, 0.6) is 0 Å². The van der Waals surface area contributed by atoms with Gasteiger partial charge in [-0.05, 0) is 66.6 Å². The number of carbonyl (C=O) groups is 1. The van der Waals surface area contributed by atoms with E-state index >= 15 is 0 Å². The van der Waals surface area contributed by atoms with Crippen LogP contribution in [-0.4, -0.2) is 5.78 Å². The van der Waals surface area contributed by atoms with Gasteiger partial charge in [0.1, 0.15) is 0 Å². The molecule has 1 aliphatic rings. The molecule has 0 aliphatic heterocycles. The predicted molar refractivity (Wildman–Crippen MR) is 85.4 cm³/mol. The fraction of sp³-hybridized carbons (Fsp3) is 0.278. The molecule has 0 bridgehead atoms. The molecule has 2 aromatic carbocycles. The Bertz CT molecular complexity index is 653. The molecule has 0 radical (unpaired) electrons. The van der Waals surface area contributed by atoms with E-state index in [-0.39, 0.29) is 5.78 Å². The Morgan fingerprint density at radius 3 is 2.70 bits per heavy atom. The van der Waals surface area contributed by atoms with E-state index in [1.165, 1.54) is 24.0 Å². The number of rotatable bonds is 3. The highest BCUT2D eigenvalue weighted by atomic mass is 79.9. The van der Waals surface area contributed by atoms with Gasteiger partial charge in [-0.15, -0.1) is 0 Å². The Morgan fingerprint density at radius 2 is 1.90 bits per heavy atom. The second kappa shape index (κ2) is 5.53. The number of halogens is 1. The third-order valence-corrected chi connectivity index (χ3v) is 4.35. The number of ketones is 1. The molecule has 0 fully saturated rings. The minimum Gasteiger partial charge on any atom is -0.294 e. The molecule has 102 valence electrons. The molecule has 0 amide bonds. The van der Waals surface area contributed by atoms with E-state index in [9.17, 15) is 4.79 Å². The van der Waals surface area contributed by atoms with Crippen LogP contribution in [0.2, 0.25) is 0 Å². The molecular formula is C18H17BrO. The fourth-order valence-electron chi connectivity index (χ4n) is 2.92. The van der Waals surface area contributed by atoms with Crippen molar-refractivity contribution in [3.63, 3.8) is 0 Å². The predicted octanol–water partition coefficient (Wildman–Crippen LogP) is 4.67. The summed E-state index contributed by atoms with van der Waals surface area (Å²) in [6.07, 6.45) is 4.09. The van der Waals surface area contributed by atoms with E-state index in [1.807, 2.05) is 25.1 Å². The molecule has 1 nitrogen and oxygen atoms in total. The summed E-state index contributed by atoms with van der Waals surface area (Å²) >= 11 is 3.46. The van der Waals surface area contributed by atoms with Crippen molar-refractivity contribution in [1.82, 2.24) is 0 Å². The number of fused-ring (bicyclic) bond motifs is 1. The van der Waals surface area contributed by atoms with Gasteiger partial charge in [0.15, 0.2) is 5.78 Å². The van der Waals surface area contributed by atoms with Crippen LogP contribution in [0.25, 0.3) is 0 Å². The maximum atomic E-state index is 12.4. The van der Waals surface area contributed by atoms with Gasteiger partial charge >= 0.3 is 0 Å². The summed E-state index contributed by atoms with van der Waals surface area (Å²) in [7, 11) is 0. The normalized spacial score (nSPS) is 13.3. The Balaban J connectivity index is 1.82. The van der Waals surface area contributed by atoms with Gasteiger partial charge < -0.3 is 0 Å². The van der Waals surface area contributed by atoms with E-state index in [1.54, 1.807) is 0 Å². The first kappa shape index (κ1) is 13.6. The molecule has 0 atom stereocenters. The minimum atomic E-state index is 0.187. The average Bonchev–Trinajstić information content (AvgIpc) is 2.85. The molecule has 2 aromatic rings. The van der Waals surface area contributed by atoms with Crippen molar-refractivity contribution in [2.75, 3.05) is 0 Å². The molecule has 0 spiro atoms. The molecule has 0 unspecified atom stereocenters. The van der Waals surface area contributed by atoms with Crippen molar-refractivity contribution in [3.8, 4) is 0 Å². The van der Waals surface area contributed by atoms with Crippen molar-refractivity contribution >= 4 is 21.7 Å². The standard InChI is InChI=1S/C18H17BrO/c1-12-7-16(11-17(19)8-12)18(20)10-13-5-6-14-3-2-4-15(14)9-13/h5-9,11H,2-4,10H2,1H3.